The molecule has 1 heterocycles. The van der Waals surface area contributed by atoms with E-state index in [0.29, 0.717) is 21.9 Å². The number of hydrogen-bond acceptors (Lipinski definition) is 4. The van der Waals surface area contributed by atoms with Crippen LogP contribution in [0.4, 0.5) is 0 Å². The molecule has 3 aromatic rings. The highest BCUT2D eigenvalue weighted by Crippen LogP contribution is 2.34. The summed E-state index contributed by atoms with van der Waals surface area (Å²) in [5.41, 5.74) is -0.335. The van der Waals surface area contributed by atoms with Gasteiger partial charge in [-0.2, -0.15) is 0 Å². The number of methoxy groups -OCH3 is 1. The Balaban J connectivity index is 2.54. The van der Waals surface area contributed by atoms with Crippen LogP contribution in [0.25, 0.3) is 21.7 Å². The van der Waals surface area contributed by atoms with Crippen molar-refractivity contribution < 1.29 is 14.3 Å². The molecule has 0 spiro atoms. The van der Waals surface area contributed by atoms with E-state index in [4.69, 9.17) is 20.8 Å². The summed E-state index contributed by atoms with van der Waals surface area (Å²) in [6, 6.07) is 8.26. The van der Waals surface area contributed by atoms with Gasteiger partial charge in [-0.05, 0) is 30.3 Å². The molecule has 4 nitrogen and oxygen atoms in total. The molecule has 2 aromatic carbocycles. The number of phenols is 1. The molecule has 0 amide bonds. The van der Waals surface area contributed by atoms with Gasteiger partial charge in [0.25, 0.3) is 0 Å². The first-order valence-corrected chi connectivity index (χ1v) is 5.91. The second-order valence-electron chi connectivity index (χ2n) is 4.08. The average molecular weight is 277 g/mol. The highest BCUT2D eigenvalue weighted by atomic mass is 35.5. The molecular formula is C14H9ClO4. The zero-order chi connectivity index (χ0) is 13.6. The van der Waals surface area contributed by atoms with Crippen molar-refractivity contribution in [2.24, 2.45) is 0 Å². The van der Waals surface area contributed by atoms with Gasteiger partial charge in [0.2, 0.25) is 0 Å². The normalized spacial score (nSPS) is 11.1. The molecular weight excluding hydrogens is 268 g/mol. The van der Waals surface area contributed by atoms with Crippen molar-refractivity contribution in [3.05, 3.63) is 45.8 Å². The van der Waals surface area contributed by atoms with Gasteiger partial charge in [-0.1, -0.05) is 11.6 Å². The predicted octanol–water partition coefficient (Wildman–Crippen LogP) is 3.31. The summed E-state index contributed by atoms with van der Waals surface area (Å²) in [4.78, 5) is 12.0. The molecule has 0 aliphatic heterocycles. The lowest BCUT2D eigenvalue weighted by molar-refractivity contribution is 0.415. The van der Waals surface area contributed by atoms with Crippen LogP contribution in [0.2, 0.25) is 5.02 Å². The van der Waals surface area contributed by atoms with Gasteiger partial charge >= 0.3 is 5.63 Å². The van der Waals surface area contributed by atoms with E-state index in [-0.39, 0.29) is 16.4 Å². The molecule has 0 saturated heterocycles. The van der Waals surface area contributed by atoms with E-state index in [1.807, 2.05) is 0 Å². The number of aromatic hydroxyl groups is 1. The van der Waals surface area contributed by atoms with Gasteiger partial charge in [0.1, 0.15) is 16.5 Å². The maximum Gasteiger partial charge on any atom is 0.344 e. The second kappa shape index (κ2) is 4.17. The molecule has 0 unspecified atom stereocenters. The zero-order valence-electron chi connectivity index (χ0n) is 9.94. The molecule has 0 bridgehead atoms. The molecule has 1 N–H and O–H groups in total. The van der Waals surface area contributed by atoms with Crippen LogP contribution < -0.4 is 10.4 Å². The molecule has 1 aromatic heterocycles. The minimum atomic E-state index is -0.520. The summed E-state index contributed by atoms with van der Waals surface area (Å²) in [6.07, 6.45) is 0. The Hall–Kier alpha value is -2.20. The van der Waals surface area contributed by atoms with Crippen LogP contribution in [-0.4, -0.2) is 12.2 Å². The summed E-state index contributed by atoms with van der Waals surface area (Å²) in [5.74, 6) is 0.453. The van der Waals surface area contributed by atoms with Crippen molar-refractivity contribution in [3.8, 4) is 11.5 Å². The van der Waals surface area contributed by atoms with Gasteiger partial charge in [0.15, 0.2) is 5.58 Å². The lowest BCUT2D eigenvalue weighted by Crippen LogP contribution is -2.00. The topological polar surface area (TPSA) is 59.7 Å². The Bertz CT molecular complexity index is 851. The monoisotopic (exact) mass is 276 g/mol. The molecule has 0 aliphatic carbocycles. The van der Waals surface area contributed by atoms with Crippen molar-refractivity contribution in [2.45, 2.75) is 0 Å². The van der Waals surface area contributed by atoms with Crippen molar-refractivity contribution in [3.63, 3.8) is 0 Å². The van der Waals surface area contributed by atoms with Crippen LogP contribution in [-0.2, 0) is 0 Å². The third kappa shape index (κ3) is 1.72. The molecule has 96 valence electrons. The summed E-state index contributed by atoms with van der Waals surface area (Å²) in [7, 11) is 1.53. The SMILES string of the molecule is COc1ccc2c(c1)c(=O)oc1c(Cl)c(O)ccc12. The number of phenolic OH excluding ortho intramolecular Hbond substituents is 1. The summed E-state index contributed by atoms with van der Waals surface area (Å²) in [6.45, 7) is 0. The van der Waals surface area contributed by atoms with Gasteiger partial charge in [0.05, 0.1) is 12.5 Å². The Kier molecular flexibility index (Phi) is 2.61. The minimum absolute atomic E-state index is 0.0346. The van der Waals surface area contributed by atoms with E-state index < -0.39 is 5.63 Å². The van der Waals surface area contributed by atoms with Gasteiger partial charge < -0.3 is 14.3 Å². The molecule has 0 atom stereocenters. The first kappa shape index (κ1) is 11.9. The lowest BCUT2D eigenvalue weighted by Gasteiger charge is -2.06. The second-order valence-corrected chi connectivity index (χ2v) is 4.45. The largest absolute Gasteiger partial charge is 0.506 e. The fourth-order valence-corrected chi connectivity index (χ4v) is 2.26. The highest BCUT2D eigenvalue weighted by Gasteiger charge is 2.13. The van der Waals surface area contributed by atoms with Crippen LogP contribution in [0.15, 0.2) is 39.5 Å². The molecule has 0 fully saturated rings. The van der Waals surface area contributed by atoms with Crippen molar-refractivity contribution in [2.75, 3.05) is 7.11 Å². The van der Waals surface area contributed by atoms with Crippen molar-refractivity contribution in [1.82, 2.24) is 0 Å². The van der Waals surface area contributed by atoms with E-state index in [2.05, 4.69) is 0 Å². The van der Waals surface area contributed by atoms with E-state index in [1.54, 1.807) is 24.3 Å². The number of fused-ring (bicyclic) bond motifs is 3. The standard InChI is InChI=1S/C14H9ClO4/c1-18-7-2-3-8-9-4-5-11(16)12(15)13(9)19-14(17)10(8)6-7/h2-6,16H,1H3. The number of halogens is 1. The lowest BCUT2D eigenvalue weighted by atomic mass is 10.1. The number of benzene rings is 2. The Labute approximate surface area is 112 Å². The third-order valence-electron chi connectivity index (χ3n) is 3.01. The van der Waals surface area contributed by atoms with Crippen molar-refractivity contribution >= 4 is 33.3 Å². The first-order chi connectivity index (χ1) is 9.11. The Morgan fingerprint density at radius 3 is 2.63 bits per heavy atom. The first-order valence-electron chi connectivity index (χ1n) is 5.54. The summed E-state index contributed by atoms with van der Waals surface area (Å²) in [5, 5.41) is 11.4. The predicted molar refractivity (Wildman–Crippen MR) is 73.2 cm³/mol. The van der Waals surface area contributed by atoms with Gasteiger partial charge in [-0.15, -0.1) is 0 Å². The fourth-order valence-electron chi connectivity index (χ4n) is 2.06. The Morgan fingerprint density at radius 2 is 1.89 bits per heavy atom. The van der Waals surface area contributed by atoms with Gasteiger partial charge in [-0.25, -0.2) is 4.79 Å². The van der Waals surface area contributed by atoms with Crippen LogP contribution in [0.3, 0.4) is 0 Å². The Morgan fingerprint density at radius 1 is 1.16 bits per heavy atom. The smallest absolute Gasteiger partial charge is 0.344 e. The van der Waals surface area contributed by atoms with E-state index in [1.165, 1.54) is 13.2 Å². The number of ether oxygens (including phenoxy) is 1. The molecule has 0 radical (unpaired) electrons. The average Bonchev–Trinajstić information content (AvgIpc) is 2.43. The quantitative estimate of drug-likeness (QED) is 0.547. The highest BCUT2D eigenvalue weighted by molar-refractivity contribution is 6.37. The molecule has 3 rings (SSSR count). The fraction of sp³-hybridized carbons (Fsp3) is 0.0714. The molecule has 5 heteroatoms. The summed E-state index contributed by atoms with van der Waals surface area (Å²) >= 11 is 5.95. The van der Waals surface area contributed by atoms with Crippen LogP contribution >= 0.6 is 11.6 Å². The van der Waals surface area contributed by atoms with Crippen LogP contribution in [0.5, 0.6) is 11.5 Å². The maximum atomic E-state index is 12.0. The van der Waals surface area contributed by atoms with E-state index in [0.717, 1.165) is 0 Å². The third-order valence-corrected chi connectivity index (χ3v) is 3.37. The number of rotatable bonds is 1. The zero-order valence-corrected chi connectivity index (χ0v) is 10.7. The number of hydrogen-bond donors (Lipinski definition) is 1. The van der Waals surface area contributed by atoms with Crippen LogP contribution in [0.1, 0.15) is 0 Å². The van der Waals surface area contributed by atoms with Gasteiger partial charge in [0, 0.05) is 10.8 Å². The van der Waals surface area contributed by atoms with E-state index >= 15 is 0 Å². The van der Waals surface area contributed by atoms with Crippen LogP contribution in [0, 0.1) is 0 Å². The summed E-state index contributed by atoms with van der Waals surface area (Å²) < 4.78 is 10.3. The molecule has 0 aliphatic rings. The molecule has 19 heavy (non-hydrogen) atoms. The maximum absolute atomic E-state index is 12.0. The van der Waals surface area contributed by atoms with Gasteiger partial charge in [-0.3, -0.25) is 0 Å². The van der Waals surface area contributed by atoms with E-state index in [9.17, 15) is 9.90 Å². The molecule has 0 saturated carbocycles. The van der Waals surface area contributed by atoms with Crippen molar-refractivity contribution in [1.29, 1.82) is 0 Å². The minimum Gasteiger partial charge on any atom is -0.506 e.